The number of piperidine rings is 1. The molecule has 134 valence electrons. The monoisotopic (exact) mass is 353 g/mol. The summed E-state index contributed by atoms with van der Waals surface area (Å²) in [6.45, 7) is 0.667. The lowest BCUT2D eigenvalue weighted by Crippen LogP contribution is -2.45. The molecule has 6 heteroatoms. The number of rotatable bonds is 3. The van der Waals surface area contributed by atoms with Crippen molar-refractivity contribution in [3.8, 4) is 11.3 Å². The van der Waals surface area contributed by atoms with Gasteiger partial charge in [-0.05, 0) is 55.7 Å². The number of aliphatic hydroxyl groups excluding tert-OH is 1. The van der Waals surface area contributed by atoms with E-state index in [1.54, 1.807) is 35.4 Å². The number of carbonyl (C=O) groups excluding carboxylic acids is 1. The number of aliphatic hydroxyl groups is 1. The van der Waals surface area contributed by atoms with Gasteiger partial charge in [0, 0.05) is 24.5 Å². The number of amides is 1. The Hall–Kier alpha value is -2.73. The molecule has 1 N–H and O–H groups in total. The lowest BCUT2D eigenvalue weighted by molar-refractivity contribution is 0.0502. The highest BCUT2D eigenvalue weighted by Gasteiger charge is 2.27. The molecule has 1 atom stereocenters. The fraction of sp³-hybridized carbons (Fsp3) is 0.300. The van der Waals surface area contributed by atoms with Crippen LogP contribution in [0.25, 0.3) is 16.9 Å². The highest BCUT2D eigenvalue weighted by atomic mass is 19.1. The third-order valence-corrected chi connectivity index (χ3v) is 4.94. The molecular formula is C20H20FN3O2. The van der Waals surface area contributed by atoms with Gasteiger partial charge in [-0.3, -0.25) is 4.79 Å². The molecule has 4 rings (SSSR count). The molecule has 0 aliphatic carbocycles. The predicted octanol–water partition coefficient (Wildman–Crippen LogP) is 3.13. The molecule has 0 saturated carbocycles. The Morgan fingerprint density at radius 1 is 1.15 bits per heavy atom. The van der Waals surface area contributed by atoms with Crippen molar-refractivity contribution in [1.29, 1.82) is 0 Å². The molecule has 0 spiro atoms. The van der Waals surface area contributed by atoms with Crippen LogP contribution in [0.4, 0.5) is 4.39 Å². The van der Waals surface area contributed by atoms with E-state index in [1.165, 1.54) is 12.1 Å². The molecular weight excluding hydrogens is 333 g/mol. The van der Waals surface area contributed by atoms with Crippen LogP contribution in [-0.2, 0) is 0 Å². The lowest BCUT2D eigenvalue weighted by atomic mass is 10.0. The van der Waals surface area contributed by atoms with Gasteiger partial charge in [0.15, 0.2) is 0 Å². The summed E-state index contributed by atoms with van der Waals surface area (Å²) in [5.74, 6) is -0.354. The second-order valence-electron chi connectivity index (χ2n) is 6.65. The first-order valence-electron chi connectivity index (χ1n) is 8.82. The topological polar surface area (TPSA) is 57.8 Å². The van der Waals surface area contributed by atoms with Crippen molar-refractivity contribution in [3.63, 3.8) is 0 Å². The van der Waals surface area contributed by atoms with Crippen LogP contribution in [0, 0.1) is 5.82 Å². The fourth-order valence-corrected chi connectivity index (χ4v) is 3.50. The van der Waals surface area contributed by atoms with E-state index in [4.69, 9.17) is 0 Å². The summed E-state index contributed by atoms with van der Waals surface area (Å²) in [5.41, 5.74) is 2.83. The second-order valence-corrected chi connectivity index (χ2v) is 6.65. The van der Waals surface area contributed by atoms with E-state index in [0.29, 0.717) is 12.1 Å². The smallest absolute Gasteiger partial charge is 0.255 e. The number of benzene rings is 1. The quantitative estimate of drug-likeness (QED) is 0.787. The minimum absolute atomic E-state index is 0.00618. The van der Waals surface area contributed by atoms with Crippen molar-refractivity contribution in [2.75, 3.05) is 13.2 Å². The minimum Gasteiger partial charge on any atom is -0.394 e. The van der Waals surface area contributed by atoms with Gasteiger partial charge in [0.25, 0.3) is 5.91 Å². The Balaban J connectivity index is 1.65. The minimum atomic E-state index is -0.287. The summed E-state index contributed by atoms with van der Waals surface area (Å²) >= 11 is 0. The molecule has 2 aromatic heterocycles. The maximum Gasteiger partial charge on any atom is 0.255 e. The zero-order valence-corrected chi connectivity index (χ0v) is 14.3. The lowest BCUT2D eigenvalue weighted by Gasteiger charge is -2.34. The van der Waals surface area contributed by atoms with Gasteiger partial charge in [-0.15, -0.1) is 0 Å². The molecule has 1 aromatic carbocycles. The normalized spacial score (nSPS) is 17.6. The van der Waals surface area contributed by atoms with Gasteiger partial charge in [-0.2, -0.15) is 0 Å². The SMILES string of the molecule is O=C(c1ccc2nc(-c3ccc(F)cc3)cn2c1)N1CCCCC1CO. The van der Waals surface area contributed by atoms with E-state index in [9.17, 15) is 14.3 Å². The van der Waals surface area contributed by atoms with Gasteiger partial charge in [0.2, 0.25) is 0 Å². The maximum absolute atomic E-state index is 13.1. The largest absolute Gasteiger partial charge is 0.394 e. The molecule has 1 saturated heterocycles. The number of nitrogens with zero attached hydrogens (tertiary/aromatic N) is 3. The Morgan fingerprint density at radius 2 is 1.96 bits per heavy atom. The van der Waals surface area contributed by atoms with Crippen LogP contribution in [0.3, 0.4) is 0 Å². The van der Waals surface area contributed by atoms with Crippen LogP contribution >= 0.6 is 0 Å². The molecule has 1 amide bonds. The first-order chi connectivity index (χ1) is 12.7. The number of fused-ring (bicyclic) bond motifs is 1. The van der Waals surface area contributed by atoms with Crippen molar-refractivity contribution in [2.24, 2.45) is 0 Å². The Morgan fingerprint density at radius 3 is 2.73 bits per heavy atom. The average Bonchev–Trinajstić information content (AvgIpc) is 3.11. The molecule has 3 aromatic rings. The van der Waals surface area contributed by atoms with Crippen LogP contribution in [-0.4, -0.2) is 44.5 Å². The summed E-state index contributed by atoms with van der Waals surface area (Å²) in [7, 11) is 0. The zero-order valence-electron chi connectivity index (χ0n) is 14.3. The summed E-state index contributed by atoms with van der Waals surface area (Å²) in [6, 6.07) is 9.63. The second kappa shape index (κ2) is 6.88. The van der Waals surface area contributed by atoms with E-state index in [0.717, 1.165) is 36.2 Å². The van der Waals surface area contributed by atoms with Gasteiger partial charge in [-0.1, -0.05) is 0 Å². The summed E-state index contributed by atoms with van der Waals surface area (Å²) in [6.07, 6.45) is 6.44. The standard InChI is InChI=1S/C20H20FN3O2/c21-16-7-4-14(5-8-16)18-12-23-11-15(6-9-19(23)22-18)20(26)24-10-2-1-3-17(24)13-25/h4-9,11-12,17,25H,1-3,10,13H2. The van der Waals surface area contributed by atoms with Gasteiger partial charge in [0.1, 0.15) is 11.5 Å². The van der Waals surface area contributed by atoms with Crippen LogP contribution in [0.2, 0.25) is 0 Å². The average molecular weight is 353 g/mol. The third kappa shape index (κ3) is 3.08. The highest BCUT2D eigenvalue weighted by Crippen LogP contribution is 2.22. The molecule has 1 unspecified atom stereocenters. The third-order valence-electron chi connectivity index (χ3n) is 4.94. The number of pyridine rings is 1. The number of imidazole rings is 1. The zero-order chi connectivity index (χ0) is 18.1. The number of aromatic nitrogens is 2. The van der Waals surface area contributed by atoms with E-state index in [1.807, 2.05) is 10.6 Å². The molecule has 1 aliphatic heterocycles. The first-order valence-corrected chi connectivity index (χ1v) is 8.82. The predicted molar refractivity (Wildman–Crippen MR) is 96.3 cm³/mol. The Kier molecular flexibility index (Phi) is 4.42. The number of halogens is 1. The van der Waals surface area contributed by atoms with Gasteiger partial charge in [0.05, 0.1) is 23.9 Å². The van der Waals surface area contributed by atoms with Gasteiger partial charge in [-0.25, -0.2) is 9.37 Å². The highest BCUT2D eigenvalue weighted by molar-refractivity contribution is 5.94. The summed E-state index contributed by atoms with van der Waals surface area (Å²) in [5, 5.41) is 9.54. The number of hydrogen-bond acceptors (Lipinski definition) is 3. The van der Waals surface area contributed by atoms with Crippen molar-refractivity contribution >= 4 is 11.6 Å². The molecule has 1 aliphatic rings. The maximum atomic E-state index is 13.1. The van der Waals surface area contributed by atoms with E-state index >= 15 is 0 Å². The first kappa shape index (κ1) is 16.7. The number of likely N-dealkylation sites (tertiary alicyclic amines) is 1. The summed E-state index contributed by atoms with van der Waals surface area (Å²) in [4.78, 5) is 19.2. The van der Waals surface area contributed by atoms with Gasteiger partial charge >= 0.3 is 0 Å². The Bertz CT molecular complexity index is 936. The Labute approximate surface area is 150 Å². The van der Waals surface area contributed by atoms with Crippen molar-refractivity contribution in [3.05, 3.63) is 60.2 Å². The molecule has 5 nitrogen and oxygen atoms in total. The molecule has 3 heterocycles. The van der Waals surface area contributed by atoms with Crippen molar-refractivity contribution in [1.82, 2.24) is 14.3 Å². The number of hydrogen-bond donors (Lipinski definition) is 1. The van der Waals surface area contributed by atoms with Crippen LogP contribution in [0.15, 0.2) is 48.8 Å². The summed E-state index contributed by atoms with van der Waals surface area (Å²) < 4.78 is 14.9. The van der Waals surface area contributed by atoms with Crippen LogP contribution in [0.5, 0.6) is 0 Å². The molecule has 0 bridgehead atoms. The van der Waals surface area contributed by atoms with E-state index < -0.39 is 0 Å². The van der Waals surface area contributed by atoms with Crippen LogP contribution < -0.4 is 0 Å². The van der Waals surface area contributed by atoms with Crippen LogP contribution in [0.1, 0.15) is 29.6 Å². The molecule has 1 fully saturated rings. The van der Waals surface area contributed by atoms with Gasteiger partial charge < -0.3 is 14.4 Å². The van der Waals surface area contributed by atoms with Crippen molar-refractivity contribution < 1.29 is 14.3 Å². The number of carbonyl (C=O) groups is 1. The fourth-order valence-electron chi connectivity index (χ4n) is 3.50. The molecule has 0 radical (unpaired) electrons. The van der Waals surface area contributed by atoms with E-state index in [-0.39, 0.29) is 24.4 Å². The molecule has 26 heavy (non-hydrogen) atoms. The van der Waals surface area contributed by atoms with E-state index in [2.05, 4.69) is 4.98 Å². The van der Waals surface area contributed by atoms with Crippen molar-refractivity contribution in [2.45, 2.75) is 25.3 Å².